The molecule has 0 saturated carbocycles. The zero-order chi connectivity index (χ0) is 18.4. The van der Waals surface area contributed by atoms with E-state index in [9.17, 15) is 10.1 Å². The van der Waals surface area contributed by atoms with Crippen LogP contribution in [-0.4, -0.2) is 15.7 Å². The Morgan fingerprint density at radius 2 is 1.92 bits per heavy atom. The molecule has 0 aliphatic rings. The van der Waals surface area contributed by atoms with Crippen LogP contribution in [0.15, 0.2) is 72.6 Å². The molecular formula is C21H18N4O. The molecule has 1 amide bonds. The first-order chi connectivity index (χ1) is 12.7. The quantitative estimate of drug-likeness (QED) is 0.563. The molecule has 0 atom stereocenters. The van der Waals surface area contributed by atoms with E-state index in [-0.39, 0.29) is 5.57 Å². The van der Waals surface area contributed by atoms with Crippen LogP contribution < -0.4 is 5.32 Å². The average molecular weight is 342 g/mol. The van der Waals surface area contributed by atoms with Gasteiger partial charge in [0, 0.05) is 17.4 Å². The second-order valence-electron chi connectivity index (χ2n) is 5.73. The van der Waals surface area contributed by atoms with E-state index in [1.165, 1.54) is 11.6 Å². The van der Waals surface area contributed by atoms with Gasteiger partial charge in [-0.1, -0.05) is 37.3 Å². The first-order valence-corrected chi connectivity index (χ1v) is 8.32. The molecular weight excluding hydrogens is 324 g/mol. The highest BCUT2D eigenvalue weighted by molar-refractivity contribution is 6.09. The Morgan fingerprint density at radius 3 is 2.58 bits per heavy atom. The second-order valence-corrected chi connectivity index (χ2v) is 5.73. The van der Waals surface area contributed by atoms with E-state index >= 15 is 0 Å². The molecule has 0 aliphatic heterocycles. The van der Waals surface area contributed by atoms with Crippen LogP contribution in [-0.2, 0) is 11.2 Å². The molecule has 0 fully saturated rings. The molecule has 2 aromatic carbocycles. The summed E-state index contributed by atoms with van der Waals surface area (Å²) in [5.74, 6) is -0.441. The van der Waals surface area contributed by atoms with Crippen molar-refractivity contribution in [1.82, 2.24) is 9.78 Å². The monoisotopic (exact) mass is 342 g/mol. The Bertz CT molecular complexity index is 963. The second kappa shape index (κ2) is 7.95. The average Bonchev–Trinajstić information content (AvgIpc) is 3.16. The third-order valence-corrected chi connectivity index (χ3v) is 3.92. The Hall–Kier alpha value is -3.65. The number of carbonyl (C=O) groups excluding carboxylic acids is 1. The number of aryl methyl sites for hydroxylation is 1. The summed E-state index contributed by atoms with van der Waals surface area (Å²) in [5, 5.41) is 16.3. The van der Waals surface area contributed by atoms with Gasteiger partial charge < -0.3 is 5.32 Å². The van der Waals surface area contributed by atoms with Gasteiger partial charge in [0.1, 0.15) is 11.6 Å². The number of para-hydroxylation sites is 1. The van der Waals surface area contributed by atoms with Crippen molar-refractivity contribution >= 4 is 17.7 Å². The standard InChI is InChI=1S/C21H18N4O/c1-2-16-8-10-19(11-9-16)24-21(26)18(13-22)12-17-14-23-25(15-17)20-6-4-3-5-7-20/h3-12,14-15H,2H2,1H3,(H,24,26)/b18-12+. The summed E-state index contributed by atoms with van der Waals surface area (Å²) < 4.78 is 1.70. The van der Waals surface area contributed by atoms with Crippen LogP contribution in [0.5, 0.6) is 0 Å². The zero-order valence-corrected chi connectivity index (χ0v) is 14.4. The third-order valence-electron chi connectivity index (χ3n) is 3.92. The van der Waals surface area contributed by atoms with Crippen molar-refractivity contribution in [2.45, 2.75) is 13.3 Å². The van der Waals surface area contributed by atoms with Crippen LogP contribution in [0.3, 0.4) is 0 Å². The fraction of sp³-hybridized carbons (Fsp3) is 0.0952. The molecule has 0 unspecified atom stereocenters. The summed E-state index contributed by atoms with van der Waals surface area (Å²) in [6.45, 7) is 2.07. The highest BCUT2D eigenvalue weighted by Gasteiger charge is 2.10. The SMILES string of the molecule is CCc1ccc(NC(=O)/C(C#N)=C/c2cnn(-c3ccccc3)c2)cc1. The molecule has 1 aromatic heterocycles. The Balaban J connectivity index is 1.76. The number of anilines is 1. The number of amides is 1. The van der Waals surface area contributed by atoms with E-state index in [1.54, 1.807) is 17.1 Å². The number of hydrogen-bond acceptors (Lipinski definition) is 3. The molecule has 0 radical (unpaired) electrons. The highest BCUT2D eigenvalue weighted by atomic mass is 16.1. The number of nitrogens with one attached hydrogen (secondary N) is 1. The molecule has 3 aromatic rings. The molecule has 0 spiro atoms. The summed E-state index contributed by atoms with van der Waals surface area (Å²) in [7, 11) is 0. The lowest BCUT2D eigenvalue weighted by Crippen LogP contribution is -2.13. The van der Waals surface area contributed by atoms with Gasteiger partial charge in [-0.25, -0.2) is 4.68 Å². The fourth-order valence-electron chi connectivity index (χ4n) is 2.47. The van der Waals surface area contributed by atoms with Gasteiger partial charge in [-0.15, -0.1) is 0 Å². The van der Waals surface area contributed by atoms with Crippen molar-refractivity contribution in [3.8, 4) is 11.8 Å². The van der Waals surface area contributed by atoms with Gasteiger partial charge in [0.2, 0.25) is 0 Å². The number of hydrogen-bond donors (Lipinski definition) is 1. The van der Waals surface area contributed by atoms with Crippen LogP contribution in [0.25, 0.3) is 11.8 Å². The van der Waals surface area contributed by atoms with Gasteiger partial charge in [0.15, 0.2) is 0 Å². The Morgan fingerprint density at radius 1 is 1.19 bits per heavy atom. The van der Waals surface area contributed by atoms with Gasteiger partial charge in [-0.2, -0.15) is 10.4 Å². The largest absolute Gasteiger partial charge is 0.321 e. The van der Waals surface area contributed by atoms with Crippen molar-refractivity contribution in [1.29, 1.82) is 5.26 Å². The van der Waals surface area contributed by atoms with Gasteiger partial charge >= 0.3 is 0 Å². The number of benzene rings is 2. The van der Waals surface area contributed by atoms with E-state index in [0.29, 0.717) is 11.3 Å². The minimum atomic E-state index is -0.441. The first kappa shape index (κ1) is 17.2. The molecule has 0 aliphatic carbocycles. The van der Waals surface area contributed by atoms with Crippen LogP contribution in [0, 0.1) is 11.3 Å². The summed E-state index contributed by atoms with van der Waals surface area (Å²) in [5.41, 5.74) is 3.46. The summed E-state index contributed by atoms with van der Waals surface area (Å²) >= 11 is 0. The van der Waals surface area contributed by atoms with Crippen molar-refractivity contribution in [3.05, 3.63) is 83.7 Å². The molecule has 5 heteroatoms. The van der Waals surface area contributed by atoms with Gasteiger partial charge in [-0.3, -0.25) is 4.79 Å². The Kier molecular flexibility index (Phi) is 5.25. The number of aromatic nitrogens is 2. The van der Waals surface area contributed by atoms with Crippen LogP contribution in [0.4, 0.5) is 5.69 Å². The lowest BCUT2D eigenvalue weighted by Gasteiger charge is -2.05. The van der Waals surface area contributed by atoms with Gasteiger partial charge in [-0.05, 0) is 42.3 Å². The predicted molar refractivity (Wildman–Crippen MR) is 102 cm³/mol. The van der Waals surface area contributed by atoms with E-state index in [2.05, 4.69) is 17.3 Å². The lowest BCUT2D eigenvalue weighted by molar-refractivity contribution is -0.112. The summed E-state index contributed by atoms with van der Waals surface area (Å²) in [6.07, 6.45) is 5.86. The van der Waals surface area contributed by atoms with Crippen molar-refractivity contribution in [2.24, 2.45) is 0 Å². The molecule has 1 N–H and O–H groups in total. The molecule has 0 bridgehead atoms. The zero-order valence-electron chi connectivity index (χ0n) is 14.4. The topological polar surface area (TPSA) is 70.7 Å². The molecule has 5 nitrogen and oxygen atoms in total. The fourth-order valence-corrected chi connectivity index (χ4v) is 2.47. The molecule has 128 valence electrons. The minimum absolute atomic E-state index is 0.0252. The van der Waals surface area contributed by atoms with Crippen LogP contribution >= 0.6 is 0 Å². The van der Waals surface area contributed by atoms with Crippen molar-refractivity contribution in [2.75, 3.05) is 5.32 Å². The van der Waals surface area contributed by atoms with Crippen LogP contribution in [0.2, 0.25) is 0 Å². The molecule has 26 heavy (non-hydrogen) atoms. The summed E-state index contributed by atoms with van der Waals surface area (Å²) in [6, 6.07) is 19.2. The van der Waals surface area contributed by atoms with Crippen LogP contribution in [0.1, 0.15) is 18.1 Å². The van der Waals surface area contributed by atoms with E-state index in [1.807, 2.05) is 60.7 Å². The van der Waals surface area contributed by atoms with E-state index < -0.39 is 5.91 Å². The predicted octanol–water partition coefficient (Wildman–Crippen LogP) is 3.98. The molecule has 3 rings (SSSR count). The van der Waals surface area contributed by atoms with E-state index in [4.69, 9.17) is 0 Å². The van der Waals surface area contributed by atoms with Crippen molar-refractivity contribution in [3.63, 3.8) is 0 Å². The maximum atomic E-state index is 12.4. The van der Waals surface area contributed by atoms with Crippen molar-refractivity contribution < 1.29 is 4.79 Å². The number of rotatable bonds is 5. The number of carbonyl (C=O) groups is 1. The lowest BCUT2D eigenvalue weighted by atomic mass is 10.1. The third kappa shape index (κ3) is 4.05. The maximum absolute atomic E-state index is 12.4. The summed E-state index contributed by atoms with van der Waals surface area (Å²) in [4.78, 5) is 12.4. The maximum Gasteiger partial charge on any atom is 0.266 e. The number of nitriles is 1. The first-order valence-electron chi connectivity index (χ1n) is 8.32. The van der Waals surface area contributed by atoms with Gasteiger partial charge in [0.05, 0.1) is 11.9 Å². The smallest absolute Gasteiger partial charge is 0.266 e. The van der Waals surface area contributed by atoms with Gasteiger partial charge in [0.25, 0.3) is 5.91 Å². The number of nitrogens with zero attached hydrogens (tertiary/aromatic N) is 3. The minimum Gasteiger partial charge on any atom is -0.321 e. The molecule has 0 saturated heterocycles. The van der Waals surface area contributed by atoms with E-state index in [0.717, 1.165) is 12.1 Å². The Labute approximate surface area is 152 Å². The highest BCUT2D eigenvalue weighted by Crippen LogP contribution is 2.14. The molecule has 1 heterocycles. The normalized spacial score (nSPS) is 11.0.